The van der Waals surface area contributed by atoms with E-state index < -0.39 is 24.3 Å². The van der Waals surface area contributed by atoms with Crippen LogP contribution in [0.1, 0.15) is 156 Å². The second-order valence-corrected chi connectivity index (χ2v) is 12.9. The molecule has 0 radical (unpaired) electrons. The Hall–Kier alpha value is -2.22. The zero-order valence-electron chi connectivity index (χ0n) is 30.2. The molecule has 0 aliphatic carbocycles. The van der Waals surface area contributed by atoms with Gasteiger partial charge in [0.2, 0.25) is 0 Å². The van der Waals surface area contributed by atoms with Gasteiger partial charge in [0, 0.05) is 12.8 Å². The van der Waals surface area contributed by atoms with E-state index in [1.165, 1.54) is 57.8 Å². The fourth-order valence-corrected chi connectivity index (χ4v) is 4.97. The molecular formula is C40H70O7. The molecule has 0 aromatic rings. The number of hydrogen-bond donors (Lipinski definition) is 3. The van der Waals surface area contributed by atoms with Crippen LogP contribution in [0.25, 0.3) is 0 Å². The van der Waals surface area contributed by atoms with Gasteiger partial charge in [0.15, 0.2) is 0 Å². The van der Waals surface area contributed by atoms with Crippen molar-refractivity contribution in [2.75, 3.05) is 13.2 Å². The Balaban J connectivity index is 3.72. The summed E-state index contributed by atoms with van der Waals surface area (Å²) < 4.78 is 10.2. The number of aliphatic hydroxyl groups is 3. The molecule has 0 aliphatic rings. The summed E-state index contributed by atoms with van der Waals surface area (Å²) in [5, 5.41) is 30.3. The molecule has 1 unspecified atom stereocenters. The van der Waals surface area contributed by atoms with Gasteiger partial charge in [-0.1, -0.05) is 140 Å². The molecule has 0 saturated carbocycles. The van der Waals surface area contributed by atoms with Crippen molar-refractivity contribution in [3.63, 3.8) is 0 Å². The van der Waals surface area contributed by atoms with Crippen molar-refractivity contribution in [1.29, 1.82) is 0 Å². The second kappa shape index (κ2) is 33.7. The van der Waals surface area contributed by atoms with Gasteiger partial charge in [-0.3, -0.25) is 9.59 Å². The first-order chi connectivity index (χ1) is 22.8. The molecule has 272 valence electrons. The minimum absolute atomic E-state index is 0.0681. The van der Waals surface area contributed by atoms with Crippen molar-refractivity contribution in [3.8, 4) is 0 Å². The lowest BCUT2D eigenvalue weighted by molar-refractivity contribution is -0.152. The van der Waals surface area contributed by atoms with Gasteiger partial charge < -0.3 is 24.8 Å². The van der Waals surface area contributed by atoms with Crippen molar-refractivity contribution >= 4 is 11.9 Å². The Morgan fingerprint density at radius 3 is 1.51 bits per heavy atom. The van der Waals surface area contributed by atoms with Crippen LogP contribution < -0.4 is 0 Å². The summed E-state index contributed by atoms with van der Waals surface area (Å²) in [4.78, 5) is 23.9. The van der Waals surface area contributed by atoms with E-state index in [1.54, 1.807) is 0 Å². The molecule has 0 rings (SSSR count). The highest BCUT2D eigenvalue weighted by molar-refractivity contribution is 5.69. The smallest absolute Gasteiger partial charge is 0.305 e. The summed E-state index contributed by atoms with van der Waals surface area (Å²) in [6.07, 6.45) is 33.4. The van der Waals surface area contributed by atoms with E-state index >= 15 is 0 Å². The molecule has 0 spiro atoms. The van der Waals surface area contributed by atoms with Crippen molar-refractivity contribution in [2.24, 2.45) is 5.92 Å². The largest absolute Gasteiger partial charge is 0.463 e. The molecule has 0 amide bonds. The third-order valence-electron chi connectivity index (χ3n) is 8.32. The minimum Gasteiger partial charge on any atom is -0.463 e. The summed E-state index contributed by atoms with van der Waals surface area (Å²) in [5.41, 5.74) is 0. The van der Waals surface area contributed by atoms with Gasteiger partial charge in [-0.05, 0) is 57.3 Å². The Bertz CT molecular complexity index is 848. The first-order valence-corrected chi connectivity index (χ1v) is 18.7. The number of aliphatic hydroxyl groups excluding tert-OH is 3. The SMILES string of the molecule is CC/C=C\C/C=C\C/C=C\C/C=C\C[C@H](O)[C@@H](O)CCCC(=O)OC[C@@H](O)COC(=O)CCCCCCCCCCCCC(C)CC. The van der Waals surface area contributed by atoms with E-state index in [1.807, 2.05) is 12.2 Å². The highest BCUT2D eigenvalue weighted by atomic mass is 16.6. The summed E-state index contributed by atoms with van der Waals surface area (Å²) in [6, 6.07) is 0. The van der Waals surface area contributed by atoms with Gasteiger partial charge in [-0.15, -0.1) is 0 Å². The van der Waals surface area contributed by atoms with Gasteiger partial charge in [0.25, 0.3) is 0 Å². The number of hydrogen-bond acceptors (Lipinski definition) is 7. The van der Waals surface area contributed by atoms with Crippen molar-refractivity contribution < 1.29 is 34.4 Å². The summed E-state index contributed by atoms with van der Waals surface area (Å²) in [6.45, 7) is 6.27. The molecule has 7 nitrogen and oxygen atoms in total. The lowest BCUT2D eigenvalue weighted by atomic mass is 9.99. The first-order valence-electron chi connectivity index (χ1n) is 18.7. The standard InChI is InChI=1S/C40H70O7/c1-4-6-7-8-9-10-11-12-16-19-22-25-29-37(42)38(43)30-27-32-40(45)47-34-36(41)33-46-39(44)31-26-23-20-17-14-13-15-18-21-24-28-35(3)5-2/h6-7,9-10,12,16,22,25,35-38,41-43H,4-5,8,11,13-15,17-21,23-24,26-34H2,1-3H3/b7-6-,10-9-,16-12-,25-22-/t35?,36-,37-,38-/m0/s1. The van der Waals surface area contributed by atoms with Crippen molar-refractivity contribution in [3.05, 3.63) is 48.6 Å². The molecule has 0 aromatic heterocycles. The van der Waals surface area contributed by atoms with Crippen LogP contribution in [0.5, 0.6) is 0 Å². The van der Waals surface area contributed by atoms with Gasteiger partial charge in [0.1, 0.15) is 19.3 Å². The maximum Gasteiger partial charge on any atom is 0.305 e. The van der Waals surface area contributed by atoms with E-state index in [4.69, 9.17) is 9.47 Å². The zero-order valence-corrected chi connectivity index (χ0v) is 30.2. The van der Waals surface area contributed by atoms with Crippen LogP contribution in [0.4, 0.5) is 0 Å². The molecule has 0 aliphatic heterocycles. The van der Waals surface area contributed by atoms with Gasteiger partial charge in [-0.25, -0.2) is 0 Å². The second-order valence-electron chi connectivity index (χ2n) is 12.9. The van der Waals surface area contributed by atoms with Gasteiger partial charge in [0.05, 0.1) is 12.2 Å². The molecule has 47 heavy (non-hydrogen) atoms. The molecule has 0 aromatic carbocycles. The van der Waals surface area contributed by atoms with E-state index in [-0.39, 0.29) is 32.0 Å². The predicted molar refractivity (Wildman–Crippen MR) is 194 cm³/mol. The molecule has 0 bridgehead atoms. The Kier molecular flexibility index (Phi) is 32.1. The molecule has 0 saturated heterocycles. The number of unbranched alkanes of at least 4 members (excludes halogenated alkanes) is 9. The van der Waals surface area contributed by atoms with Crippen LogP contribution >= 0.6 is 0 Å². The number of rotatable bonds is 32. The number of carbonyl (C=O) groups excluding carboxylic acids is 2. The maximum atomic E-state index is 12.0. The average Bonchev–Trinajstić information content (AvgIpc) is 3.06. The third kappa shape index (κ3) is 32.1. The monoisotopic (exact) mass is 663 g/mol. The fraction of sp³-hybridized carbons (Fsp3) is 0.750. The van der Waals surface area contributed by atoms with E-state index in [9.17, 15) is 24.9 Å². The molecule has 0 heterocycles. The van der Waals surface area contributed by atoms with Gasteiger partial charge >= 0.3 is 11.9 Å². The average molecular weight is 663 g/mol. The number of ether oxygens (including phenoxy) is 2. The number of carbonyl (C=O) groups is 2. The van der Waals surface area contributed by atoms with Gasteiger partial charge in [-0.2, -0.15) is 0 Å². The normalized spacial score (nSPS) is 14.8. The van der Waals surface area contributed by atoms with Crippen LogP contribution in [-0.2, 0) is 19.1 Å². The Morgan fingerprint density at radius 2 is 1.00 bits per heavy atom. The van der Waals surface area contributed by atoms with E-state index in [0.717, 1.165) is 50.9 Å². The van der Waals surface area contributed by atoms with E-state index in [0.29, 0.717) is 19.3 Å². The van der Waals surface area contributed by atoms with Crippen molar-refractivity contribution in [2.45, 2.75) is 174 Å². The quantitative estimate of drug-likeness (QED) is 0.0374. The molecule has 3 N–H and O–H groups in total. The summed E-state index contributed by atoms with van der Waals surface area (Å²) >= 11 is 0. The summed E-state index contributed by atoms with van der Waals surface area (Å²) in [7, 11) is 0. The van der Waals surface area contributed by atoms with Crippen LogP contribution in [0, 0.1) is 5.92 Å². The molecular weight excluding hydrogens is 592 g/mol. The zero-order chi connectivity index (χ0) is 34.8. The van der Waals surface area contributed by atoms with Crippen LogP contribution in [0.3, 0.4) is 0 Å². The molecule has 7 heteroatoms. The van der Waals surface area contributed by atoms with Crippen LogP contribution in [0.15, 0.2) is 48.6 Å². The topological polar surface area (TPSA) is 113 Å². The summed E-state index contributed by atoms with van der Waals surface area (Å²) in [5.74, 6) is 0.0177. The Morgan fingerprint density at radius 1 is 0.553 bits per heavy atom. The highest BCUT2D eigenvalue weighted by Crippen LogP contribution is 2.16. The van der Waals surface area contributed by atoms with E-state index in [2.05, 4.69) is 57.2 Å². The third-order valence-corrected chi connectivity index (χ3v) is 8.32. The molecule has 4 atom stereocenters. The lowest BCUT2D eigenvalue weighted by Gasteiger charge is -2.16. The minimum atomic E-state index is -1.07. The predicted octanol–water partition coefficient (Wildman–Crippen LogP) is 9.25. The molecule has 0 fully saturated rings. The fourth-order valence-electron chi connectivity index (χ4n) is 4.97. The van der Waals surface area contributed by atoms with Crippen molar-refractivity contribution in [1.82, 2.24) is 0 Å². The highest BCUT2D eigenvalue weighted by Gasteiger charge is 2.16. The maximum absolute atomic E-state index is 12.0. The van der Waals surface area contributed by atoms with Crippen LogP contribution in [-0.4, -0.2) is 58.8 Å². The number of esters is 2. The van der Waals surface area contributed by atoms with Crippen LogP contribution in [0.2, 0.25) is 0 Å². The Labute approximate surface area is 287 Å². The first kappa shape index (κ1) is 44.8. The lowest BCUT2D eigenvalue weighted by Crippen LogP contribution is -2.26. The number of allylic oxidation sites excluding steroid dienone is 7.